The summed E-state index contributed by atoms with van der Waals surface area (Å²) in [5.41, 5.74) is 2.57. The van der Waals surface area contributed by atoms with Gasteiger partial charge < -0.3 is 10.5 Å². The number of ether oxygens (including phenoxy) is 1. The Morgan fingerprint density at radius 2 is 1.65 bits per heavy atom. The fourth-order valence-electron chi connectivity index (χ4n) is 2.33. The van der Waals surface area contributed by atoms with E-state index in [9.17, 15) is 26.3 Å². The number of benzene rings is 1. The third-order valence-electron chi connectivity index (χ3n) is 3.48. The predicted octanol–water partition coefficient (Wildman–Crippen LogP) is 5.31. The first-order valence-corrected chi connectivity index (χ1v) is 7.14. The third-order valence-corrected chi connectivity index (χ3v) is 3.48. The minimum absolute atomic E-state index is 0.0948. The van der Waals surface area contributed by atoms with Crippen LogP contribution in [0.25, 0.3) is 0 Å². The molecule has 23 heavy (non-hydrogen) atoms. The van der Waals surface area contributed by atoms with Crippen molar-refractivity contribution < 1.29 is 31.1 Å². The van der Waals surface area contributed by atoms with E-state index in [4.69, 9.17) is 10.5 Å². The average molecular weight is 343 g/mol. The summed E-state index contributed by atoms with van der Waals surface area (Å²) in [7, 11) is 1.03. The molecule has 0 unspecified atom stereocenters. The molecule has 132 valence electrons. The van der Waals surface area contributed by atoms with Crippen LogP contribution in [0, 0.1) is 0 Å². The van der Waals surface area contributed by atoms with Crippen LogP contribution < -0.4 is 10.5 Å². The maximum atomic E-state index is 13.2. The standard InChI is InChI=1S/C15H19F6NO/c1-3-4-5-6-11(22)13-10(15(19,20)21)7-9(14(16,17)18)8-12(13)23-2/h7-8,11H,3-6,22H2,1-2H3/t11-/m1/s1. The molecule has 0 amide bonds. The van der Waals surface area contributed by atoms with Crippen LogP contribution in [0.4, 0.5) is 26.3 Å². The lowest BCUT2D eigenvalue weighted by Crippen LogP contribution is -2.20. The molecule has 2 N–H and O–H groups in total. The summed E-state index contributed by atoms with van der Waals surface area (Å²) in [6.45, 7) is 1.92. The molecule has 0 aromatic heterocycles. The fraction of sp³-hybridized carbons (Fsp3) is 0.600. The first-order chi connectivity index (χ1) is 10.5. The molecule has 0 saturated carbocycles. The number of alkyl halides is 6. The van der Waals surface area contributed by atoms with E-state index in [0.29, 0.717) is 12.5 Å². The van der Waals surface area contributed by atoms with E-state index in [-0.39, 0.29) is 12.5 Å². The second-order valence-electron chi connectivity index (χ2n) is 5.24. The van der Waals surface area contributed by atoms with Gasteiger partial charge >= 0.3 is 12.4 Å². The molecule has 0 spiro atoms. The number of unbranched alkanes of at least 4 members (excludes halogenated alkanes) is 2. The van der Waals surface area contributed by atoms with E-state index >= 15 is 0 Å². The van der Waals surface area contributed by atoms with E-state index in [1.54, 1.807) is 0 Å². The Labute approximate surface area is 130 Å². The first kappa shape index (κ1) is 19.6. The van der Waals surface area contributed by atoms with Crippen LogP contribution >= 0.6 is 0 Å². The molecular formula is C15H19F6NO. The summed E-state index contributed by atoms with van der Waals surface area (Å²) in [4.78, 5) is 0. The number of rotatable bonds is 6. The van der Waals surface area contributed by atoms with Crippen molar-refractivity contribution in [2.24, 2.45) is 5.73 Å². The van der Waals surface area contributed by atoms with Gasteiger partial charge in [-0.1, -0.05) is 26.2 Å². The Balaban J connectivity index is 3.41. The maximum absolute atomic E-state index is 13.2. The summed E-state index contributed by atoms with van der Waals surface area (Å²) >= 11 is 0. The minimum Gasteiger partial charge on any atom is -0.496 e. The van der Waals surface area contributed by atoms with Gasteiger partial charge in [0.05, 0.1) is 18.2 Å². The van der Waals surface area contributed by atoms with E-state index in [0.717, 1.165) is 20.0 Å². The molecule has 0 fully saturated rings. The van der Waals surface area contributed by atoms with Crippen LogP contribution in [-0.2, 0) is 12.4 Å². The van der Waals surface area contributed by atoms with Crippen molar-refractivity contribution in [1.29, 1.82) is 0 Å². The molecule has 0 saturated heterocycles. The zero-order valence-corrected chi connectivity index (χ0v) is 12.8. The quantitative estimate of drug-likeness (QED) is 0.561. The highest BCUT2D eigenvalue weighted by atomic mass is 19.4. The molecule has 1 aromatic carbocycles. The summed E-state index contributed by atoms with van der Waals surface area (Å²) in [5.74, 6) is -0.490. The summed E-state index contributed by atoms with van der Waals surface area (Å²) in [6, 6.07) is -0.391. The average Bonchev–Trinajstić information content (AvgIpc) is 2.44. The zero-order valence-electron chi connectivity index (χ0n) is 12.8. The van der Waals surface area contributed by atoms with Gasteiger partial charge in [0.2, 0.25) is 0 Å². The van der Waals surface area contributed by atoms with Gasteiger partial charge in [-0.25, -0.2) is 0 Å². The molecule has 8 heteroatoms. The summed E-state index contributed by atoms with van der Waals surface area (Å²) < 4.78 is 82.8. The van der Waals surface area contributed by atoms with Gasteiger partial charge in [-0.2, -0.15) is 26.3 Å². The highest BCUT2D eigenvalue weighted by Crippen LogP contribution is 2.44. The molecule has 1 atom stereocenters. The monoisotopic (exact) mass is 343 g/mol. The molecule has 1 rings (SSSR count). The lowest BCUT2D eigenvalue weighted by Gasteiger charge is -2.23. The van der Waals surface area contributed by atoms with Crippen molar-refractivity contribution in [2.75, 3.05) is 7.11 Å². The second kappa shape index (κ2) is 7.42. The normalized spacial score (nSPS) is 14.0. The molecule has 2 nitrogen and oxygen atoms in total. The van der Waals surface area contributed by atoms with Gasteiger partial charge in [0.1, 0.15) is 5.75 Å². The van der Waals surface area contributed by atoms with Crippen molar-refractivity contribution in [3.8, 4) is 5.75 Å². The topological polar surface area (TPSA) is 35.2 Å². The molecule has 0 aliphatic carbocycles. The first-order valence-electron chi connectivity index (χ1n) is 7.14. The number of nitrogens with two attached hydrogens (primary N) is 1. The van der Waals surface area contributed by atoms with Crippen molar-refractivity contribution >= 4 is 0 Å². The largest absolute Gasteiger partial charge is 0.496 e. The van der Waals surface area contributed by atoms with Crippen LogP contribution in [0.5, 0.6) is 5.75 Å². The van der Waals surface area contributed by atoms with Gasteiger partial charge in [0.15, 0.2) is 0 Å². The number of halogens is 6. The Morgan fingerprint density at radius 3 is 2.09 bits per heavy atom. The second-order valence-corrected chi connectivity index (χ2v) is 5.24. The third kappa shape index (κ3) is 5.02. The van der Waals surface area contributed by atoms with Gasteiger partial charge in [0, 0.05) is 11.6 Å². The number of methoxy groups -OCH3 is 1. The Hall–Kier alpha value is -1.44. The fourth-order valence-corrected chi connectivity index (χ4v) is 2.33. The van der Waals surface area contributed by atoms with E-state index in [1.165, 1.54) is 0 Å². The van der Waals surface area contributed by atoms with Gasteiger partial charge in [-0.15, -0.1) is 0 Å². The van der Waals surface area contributed by atoms with E-state index in [2.05, 4.69) is 0 Å². The molecule has 0 bridgehead atoms. The van der Waals surface area contributed by atoms with Crippen LogP contribution in [-0.4, -0.2) is 7.11 Å². The smallest absolute Gasteiger partial charge is 0.416 e. The molecular weight excluding hydrogens is 324 g/mol. The Morgan fingerprint density at radius 1 is 1.04 bits per heavy atom. The molecule has 0 radical (unpaired) electrons. The minimum atomic E-state index is -4.95. The van der Waals surface area contributed by atoms with Crippen molar-refractivity contribution in [2.45, 2.75) is 51.0 Å². The zero-order chi connectivity index (χ0) is 17.8. The lowest BCUT2D eigenvalue weighted by atomic mass is 9.93. The van der Waals surface area contributed by atoms with E-state index < -0.39 is 40.8 Å². The Kier molecular flexibility index (Phi) is 6.33. The van der Waals surface area contributed by atoms with Gasteiger partial charge in [-0.3, -0.25) is 0 Å². The van der Waals surface area contributed by atoms with Crippen molar-refractivity contribution in [3.63, 3.8) is 0 Å². The highest BCUT2D eigenvalue weighted by molar-refractivity contribution is 5.48. The molecule has 1 aromatic rings. The lowest BCUT2D eigenvalue weighted by molar-refractivity contribution is -0.143. The van der Waals surface area contributed by atoms with Gasteiger partial charge in [-0.05, 0) is 18.6 Å². The molecule has 0 heterocycles. The van der Waals surface area contributed by atoms with Gasteiger partial charge in [0.25, 0.3) is 0 Å². The van der Waals surface area contributed by atoms with Crippen molar-refractivity contribution in [1.82, 2.24) is 0 Å². The highest BCUT2D eigenvalue weighted by Gasteiger charge is 2.40. The summed E-state index contributed by atoms with van der Waals surface area (Å²) in [5, 5.41) is 0. The SMILES string of the molecule is CCCCC[C@@H](N)c1c(OC)cc(C(F)(F)F)cc1C(F)(F)F. The molecule has 0 aliphatic rings. The van der Waals surface area contributed by atoms with Crippen molar-refractivity contribution in [3.05, 3.63) is 28.8 Å². The number of hydrogen-bond donors (Lipinski definition) is 1. The maximum Gasteiger partial charge on any atom is 0.416 e. The van der Waals surface area contributed by atoms with Crippen LogP contribution in [0.3, 0.4) is 0 Å². The van der Waals surface area contributed by atoms with E-state index in [1.807, 2.05) is 6.92 Å². The van der Waals surface area contributed by atoms with Crippen LogP contribution in [0.1, 0.15) is 55.3 Å². The summed E-state index contributed by atoms with van der Waals surface area (Å²) in [6.07, 6.45) is -7.41. The van der Waals surface area contributed by atoms with Crippen LogP contribution in [0.15, 0.2) is 12.1 Å². The number of hydrogen-bond acceptors (Lipinski definition) is 2. The Bertz CT molecular complexity index is 524. The predicted molar refractivity (Wildman–Crippen MR) is 74.1 cm³/mol. The van der Waals surface area contributed by atoms with Crippen LogP contribution in [0.2, 0.25) is 0 Å². The molecule has 0 aliphatic heterocycles.